The van der Waals surface area contributed by atoms with E-state index in [4.69, 9.17) is 0 Å². The second kappa shape index (κ2) is 5.06. The first-order valence-electron chi connectivity index (χ1n) is 5.13. The molecule has 0 spiro atoms. The predicted octanol–water partition coefficient (Wildman–Crippen LogP) is 4.10. The highest BCUT2D eigenvalue weighted by Gasteiger charge is 2.03. The lowest BCUT2D eigenvalue weighted by molar-refractivity contribution is 0.661. The molecule has 0 fully saturated rings. The average Bonchev–Trinajstić information content (AvgIpc) is 2.15. The number of aryl methyl sites for hydroxylation is 1. The van der Waals surface area contributed by atoms with Gasteiger partial charge < -0.3 is 0 Å². The zero-order chi connectivity index (χ0) is 9.68. The van der Waals surface area contributed by atoms with Crippen LogP contribution in [-0.2, 0) is 0 Å². The van der Waals surface area contributed by atoms with Crippen LogP contribution < -0.4 is 0 Å². The van der Waals surface area contributed by atoms with E-state index in [1.807, 2.05) is 0 Å². The van der Waals surface area contributed by atoms with E-state index in [0.29, 0.717) is 5.92 Å². The molecule has 0 nitrogen and oxygen atoms in total. The first-order valence-corrected chi connectivity index (χ1v) is 5.13. The number of benzene rings is 1. The van der Waals surface area contributed by atoms with Crippen LogP contribution in [0.2, 0.25) is 0 Å². The first kappa shape index (κ1) is 10.3. The second-order valence-electron chi connectivity index (χ2n) is 3.75. The summed E-state index contributed by atoms with van der Waals surface area (Å²) in [6.45, 7) is 8.52. The van der Waals surface area contributed by atoms with Gasteiger partial charge in [-0.2, -0.15) is 0 Å². The van der Waals surface area contributed by atoms with Gasteiger partial charge >= 0.3 is 0 Å². The van der Waals surface area contributed by atoms with Gasteiger partial charge in [-0.3, -0.25) is 0 Å². The van der Waals surface area contributed by atoms with Crippen molar-refractivity contribution in [3.63, 3.8) is 0 Å². The summed E-state index contributed by atoms with van der Waals surface area (Å²) in [6, 6.07) is 8.73. The smallest absolute Gasteiger partial charge is 0.0162 e. The van der Waals surface area contributed by atoms with E-state index in [-0.39, 0.29) is 0 Å². The molecule has 1 radical (unpaired) electrons. The lowest BCUT2D eigenvalue weighted by Crippen LogP contribution is -1.93. The third-order valence-electron chi connectivity index (χ3n) is 2.45. The summed E-state index contributed by atoms with van der Waals surface area (Å²) < 4.78 is 0. The SMILES string of the molecule is [CH2]C(CCCC)c1ccc(C)cc1. The lowest BCUT2D eigenvalue weighted by Gasteiger charge is -2.10. The molecule has 0 aliphatic carbocycles. The van der Waals surface area contributed by atoms with Gasteiger partial charge in [-0.25, -0.2) is 0 Å². The summed E-state index contributed by atoms with van der Waals surface area (Å²) in [7, 11) is 0. The summed E-state index contributed by atoms with van der Waals surface area (Å²) in [4.78, 5) is 0. The topological polar surface area (TPSA) is 0 Å². The van der Waals surface area contributed by atoms with E-state index in [9.17, 15) is 0 Å². The quantitative estimate of drug-likeness (QED) is 0.646. The zero-order valence-corrected chi connectivity index (χ0v) is 8.72. The molecule has 0 N–H and O–H groups in total. The molecule has 0 bridgehead atoms. The Morgan fingerprint density at radius 3 is 2.38 bits per heavy atom. The average molecular weight is 175 g/mol. The number of unbranched alkanes of at least 4 members (excludes halogenated alkanes) is 1. The van der Waals surface area contributed by atoms with Crippen molar-refractivity contribution < 1.29 is 0 Å². The fourth-order valence-electron chi connectivity index (χ4n) is 1.46. The molecular formula is C13H19. The highest BCUT2D eigenvalue weighted by Crippen LogP contribution is 2.20. The Bertz CT molecular complexity index is 233. The minimum Gasteiger partial charge on any atom is -0.0654 e. The van der Waals surface area contributed by atoms with Crippen molar-refractivity contribution in [1.82, 2.24) is 0 Å². The molecule has 0 saturated carbocycles. The highest BCUT2D eigenvalue weighted by atomic mass is 14.1. The summed E-state index contributed by atoms with van der Waals surface area (Å²) >= 11 is 0. The van der Waals surface area contributed by atoms with Crippen LogP contribution in [0.5, 0.6) is 0 Å². The summed E-state index contributed by atoms with van der Waals surface area (Å²) in [5.41, 5.74) is 2.70. The van der Waals surface area contributed by atoms with Crippen molar-refractivity contribution >= 4 is 0 Å². The van der Waals surface area contributed by atoms with Crippen LogP contribution in [0.15, 0.2) is 24.3 Å². The number of hydrogen-bond donors (Lipinski definition) is 0. The molecule has 0 heterocycles. The molecule has 1 unspecified atom stereocenters. The summed E-state index contributed by atoms with van der Waals surface area (Å²) in [5.74, 6) is 0.473. The van der Waals surface area contributed by atoms with Gasteiger partial charge in [0, 0.05) is 0 Å². The van der Waals surface area contributed by atoms with Crippen LogP contribution in [-0.4, -0.2) is 0 Å². The van der Waals surface area contributed by atoms with Gasteiger partial charge in [0.1, 0.15) is 0 Å². The Labute approximate surface area is 82.0 Å². The van der Waals surface area contributed by atoms with Crippen molar-refractivity contribution in [2.24, 2.45) is 0 Å². The van der Waals surface area contributed by atoms with Crippen LogP contribution in [0.4, 0.5) is 0 Å². The normalized spacial score (nSPS) is 12.8. The maximum Gasteiger partial charge on any atom is -0.0162 e. The lowest BCUT2D eigenvalue weighted by atomic mass is 9.95. The van der Waals surface area contributed by atoms with Gasteiger partial charge in [-0.1, -0.05) is 49.6 Å². The largest absolute Gasteiger partial charge is 0.0654 e. The molecule has 0 heteroatoms. The Morgan fingerprint density at radius 1 is 1.23 bits per heavy atom. The van der Waals surface area contributed by atoms with Crippen LogP contribution in [0.1, 0.15) is 43.2 Å². The predicted molar refractivity (Wildman–Crippen MR) is 58.8 cm³/mol. The molecule has 1 atom stereocenters. The van der Waals surface area contributed by atoms with Crippen molar-refractivity contribution in [3.05, 3.63) is 42.3 Å². The molecule has 71 valence electrons. The molecule has 13 heavy (non-hydrogen) atoms. The fraction of sp³-hybridized carbons (Fsp3) is 0.462. The van der Waals surface area contributed by atoms with Gasteiger partial charge in [-0.05, 0) is 31.7 Å². The van der Waals surface area contributed by atoms with Crippen molar-refractivity contribution in [3.8, 4) is 0 Å². The van der Waals surface area contributed by atoms with Crippen molar-refractivity contribution in [2.75, 3.05) is 0 Å². The van der Waals surface area contributed by atoms with Crippen LogP contribution in [0.25, 0.3) is 0 Å². The highest BCUT2D eigenvalue weighted by molar-refractivity contribution is 5.24. The van der Waals surface area contributed by atoms with E-state index in [0.717, 1.165) is 0 Å². The van der Waals surface area contributed by atoms with E-state index in [2.05, 4.69) is 45.0 Å². The van der Waals surface area contributed by atoms with Gasteiger partial charge in [0.05, 0.1) is 0 Å². The Balaban J connectivity index is 2.55. The standard InChI is InChI=1S/C13H19/c1-4-5-6-12(3)13-9-7-11(2)8-10-13/h7-10,12H,3-6H2,1-2H3. The van der Waals surface area contributed by atoms with E-state index < -0.39 is 0 Å². The number of hydrogen-bond acceptors (Lipinski definition) is 0. The molecule has 0 aliphatic rings. The molecule has 1 aromatic rings. The van der Waals surface area contributed by atoms with Crippen molar-refractivity contribution in [1.29, 1.82) is 0 Å². The van der Waals surface area contributed by atoms with E-state index in [1.165, 1.54) is 30.4 Å². The minimum atomic E-state index is 0.473. The second-order valence-corrected chi connectivity index (χ2v) is 3.75. The number of rotatable bonds is 4. The molecule has 0 saturated heterocycles. The summed E-state index contributed by atoms with van der Waals surface area (Å²) in [6.07, 6.45) is 3.75. The monoisotopic (exact) mass is 175 g/mol. The molecule has 0 aromatic heterocycles. The van der Waals surface area contributed by atoms with Gasteiger partial charge in [0.2, 0.25) is 0 Å². The van der Waals surface area contributed by atoms with Gasteiger partial charge in [0.15, 0.2) is 0 Å². The Kier molecular flexibility index (Phi) is 4.01. The maximum absolute atomic E-state index is 4.18. The van der Waals surface area contributed by atoms with E-state index >= 15 is 0 Å². The van der Waals surface area contributed by atoms with Crippen molar-refractivity contribution in [2.45, 2.75) is 39.0 Å². The maximum atomic E-state index is 4.18. The third-order valence-corrected chi connectivity index (χ3v) is 2.45. The van der Waals surface area contributed by atoms with Gasteiger partial charge in [-0.15, -0.1) is 0 Å². The van der Waals surface area contributed by atoms with E-state index in [1.54, 1.807) is 0 Å². The Hall–Kier alpha value is -0.780. The third kappa shape index (κ3) is 3.22. The molecular weight excluding hydrogens is 156 g/mol. The minimum absolute atomic E-state index is 0.473. The molecule has 1 aromatic carbocycles. The summed E-state index contributed by atoms with van der Waals surface area (Å²) in [5, 5.41) is 0. The molecule has 1 rings (SSSR count). The van der Waals surface area contributed by atoms with Crippen LogP contribution in [0.3, 0.4) is 0 Å². The fourth-order valence-corrected chi connectivity index (χ4v) is 1.46. The van der Waals surface area contributed by atoms with Gasteiger partial charge in [0.25, 0.3) is 0 Å². The van der Waals surface area contributed by atoms with Crippen LogP contribution >= 0.6 is 0 Å². The zero-order valence-electron chi connectivity index (χ0n) is 8.72. The first-order chi connectivity index (χ1) is 6.24. The van der Waals surface area contributed by atoms with Crippen LogP contribution in [0, 0.1) is 13.8 Å². The Morgan fingerprint density at radius 2 is 1.85 bits per heavy atom. The molecule has 0 aliphatic heterocycles. The molecule has 0 amide bonds.